The van der Waals surface area contributed by atoms with Crippen molar-refractivity contribution < 1.29 is 9.84 Å². The molecule has 2 rings (SSSR count). The predicted molar refractivity (Wildman–Crippen MR) is 72.7 cm³/mol. The van der Waals surface area contributed by atoms with Crippen molar-refractivity contribution in [1.29, 1.82) is 0 Å². The van der Waals surface area contributed by atoms with Gasteiger partial charge in [0.15, 0.2) is 0 Å². The van der Waals surface area contributed by atoms with Crippen molar-refractivity contribution in [2.45, 2.75) is 13.0 Å². The van der Waals surface area contributed by atoms with E-state index in [0.717, 1.165) is 11.3 Å². The molecule has 0 saturated heterocycles. The number of aliphatic hydroxyl groups excluding tert-OH is 1. The summed E-state index contributed by atoms with van der Waals surface area (Å²) in [5.74, 6) is 6.66. The maximum atomic E-state index is 8.67. The van der Waals surface area contributed by atoms with Crippen LogP contribution in [0, 0.1) is 11.8 Å². The molecule has 0 unspecified atom stereocenters. The Bertz CT molecular complexity index is 553. The third-order valence-electron chi connectivity index (χ3n) is 2.45. The van der Waals surface area contributed by atoms with Crippen LogP contribution in [0.1, 0.15) is 12.0 Å². The van der Waals surface area contributed by atoms with Crippen LogP contribution in [0.25, 0.3) is 0 Å². The Morgan fingerprint density at radius 1 is 1.32 bits per heavy atom. The molecule has 0 radical (unpaired) electrons. The summed E-state index contributed by atoms with van der Waals surface area (Å²) in [6.07, 6.45) is 4.14. The highest BCUT2D eigenvalue weighted by Gasteiger charge is 1.96. The Morgan fingerprint density at radius 2 is 2.26 bits per heavy atom. The van der Waals surface area contributed by atoms with Crippen molar-refractivity contribution in [2.75, 3.05) is 13.2 Å². The fourth-order valence-corrected chi connectivity index (χ4v) is 1.57. The molecule has 0 atom stereocenters. The van der Waals surface area contributed by atoms with Crippen LogP contribution in [0.2, 0.25) is 0 Å². The fraction of sp³-hybridized carbons (Fsp3) is 0.267. The summed E-state index contributed by atoms with van der Waals surface area (Å²) >= 11 is 0. The lowest BCUT2D eigenvalue weighted by Crippen LogP contribution is -2.08. The molecule has 1 heterocycles. The van der Waals surface area contributed by atoms with Crippen LogP contribution in [-0.2, 0) is 6.54 Å². The van der Waals surface area contributed by atoms with Crippen LogP contribution in [0.4, 0.5) is 0 Å². The molecule has 0 aliphatic heterocycles. The molecule has 1 aromatic carbocycles. The van der Waals surface area contributed by atoms with Crippen molar-refractivity contribution in [3.8, 4) is 17.6 Å². The average Bonchev–Trinajstić information content (AvgIpc) is 2.93. The van der Waals surface area contributed by atoms with Crippen molar-refractivity contribution >= 4 is 0 Å². The Hall–Kier alpha value is -2.25. The van der Waals surface area contributed by atoms with Gasteiger partial charge in [0, 0.05) is 24.4 Å². The summed E-state index contributed by atoms with van der Waals surface area (Å²) in [6, 6.07) is 9.52. The number of ether oxygens (including phenoxy) is 1. The van der Waals surface area contributed by atoms with Crippen molar-refractivity contribution in [1.82, 2.24) is 9.78 Å². The average molecular weight is 256 g/mol. The van der Waals surface area contributed by atoms with Gasteiger partial charge in [-0.25, -0.2) is 0 Å². The Balaban J connectivity index is 1.87. The second-order valence-corrected chi connectivity index (χ2v) is 3.92. The summed E-state index contributed by atoms with van der Waals surface area (Å²) in [5, 5.41) is 12.8. The Labute approximate surface area is 112 Å². The van der Waals surface area contributed by atoms with Crippen LogP contribution < -0.4 is 4.74 Å². The van der Waals surface area contributed by atoms with E-state index in [1.165, 1.54) is 0 Å². The minimum absolute atomic E-state index is 0.0903. The summed E-state index contributed by atoms with van der Waals surface area (Å²) in [7, 11) is 0. The highest BCUT2D eigenvalue weighted by atomic mass is 16.5. The molecular formula is C15H16N2O2. The zero-order valence-corrected chi connectivity index (χ0v) is 10.6. The molecule has 0 saturated carbocycles. The Morgan fingerprint density at radius 3 is 3.05 bits per heavy atom. The minimum atomic E-state index is 0.0903. The standard InChI is InChI=1S/C15H16N2O2/c18-11-2-1-5-14-6-3-7-15(13-14)19-12-10-17-9-4-8-16-17/h3-4,6-9,13,18H,2,10-12H2. The SMILES string of the molecule is OCCC#Cc1cccc(OCCn2cccn2)c1. The number of aromatic nitrogens is 2. The zero-order valence-electron chi connectivity index (χ0n) is 10.6. The van der Waals surface area contributed by atoms with Crippen LogP contribution >= 0.6 is 0 Å². The van der Waals surface area contributed by atoms with E-state index in [-0.39, 0.29) is 6.61 Å². The largest absolute Gasteiger partial charge is 0.492 e. The van der Waals surface area contributed by atoms with Gasteiger partial charge in [0.1, 0.15) is 12.4 Å². The highest BCUT2D eigenvalue weighted by molar-refractivity contribution is 5.39. The molecule has 4 heteroatoms. The predicted octanol–water partition coefficient (Wildman–Crippen LogP) is 1.70. The molecule has 0 fully saturated rings. The van der Waals surface area contributed by atoms with Gasteiger partial charge < -0.3 is 9.84 Å². The molecule has 2 aromatic rings. The van der Waals surface area contributed by atoms with Gasteiger partial charge in [0.25, 0.3) is 0 Å². The second-order valence-electron chi connectivity index (χ2n) is 3.92. The summed E-state index contributed by atoms with van der Waals surface area (Å²) in [5.41, 5.74) is 0.894. The molecule has 4 nitrogen and oxygen atoms in total. The number of rotatable bonds is 5. The molecule has 0 amide bonds. The third-order valence-corrected chi connectivity index (χ3v) is 2.45. The van der Waals surface area contributed by atoms with Gasteiger partial charge in [0.05, 0.1) is 13.2 Å². The lowest BCUT2D eigenvalue weighted by atomic mass is 10.2. The summed E-state index contributed by atoms with van der Waals surface area (Å²) in [4.78, 5) is 0. The molecule has 19 heavy (non-hydrogen) atoms. The number of hydrogen-bond donors (Lipinski definition) is 1. The van der Waals surface area contributed by atoms with Crippen molar-refractivity contribution in [2.24, 2.45) is 0 Å². The first kappa shape index (κ1) is 13.2. The van der Waals surface area contributed by atoms with Gasteiger partial charge >= 0.3 is 0 Å². The van der Waals surface area contributed by atoms with Gasteiger partial charge in [-0.05, 0) is 24.3 Å². The molecule has 98 valence electrons. The quantitative estimate of drug-likeness (QED) is 0.828. The van der Waals surface area contributed by atoms with E-state index >= 15 is 0 Å². The molecule has 1 aromatic heterocycles. The van der Waals surface area contributed by atoms with Crippen LogP contribution in [0.5, 0.6) is 5.75 Å². The monoisotopic (exact) mass is 256 g/mol. The van der Waals surface area contributed by atoms with E-state index in [1.54, 1.807) is 6.20 Å². The van der Waals surface area contributed by atoms with Gasteiger partial charge in [-0.1, -0.05) is 17.9 Å². The lowest BCUT2D eigenvalue weighted by Gasteiger charge is -2.06. The second kappa shape index (κ2) is 7.24. The topological polar surface area (TPSA) is 47.3 Å². The number of aliphatic hydroxyl groups is 1. The smallest absolute Gasteiger partial charge is 0.120 e. The van der Waals surface area contributed by atoms with Crippen molar-refractivity contribution in [3.63, 3.8) is 0 Å². The van der Waals surface area contributed by atoms with E-state index < -0.39 is 0 Å². The summed E-state index contributed by atoms with van der Waals surface area (Å²) in [6.45, 7) is 1.37. The van der Waals surface area contributed by atoms with Gasteiger partial charge in [-0.3, -0.25) is 4.68 Å². The minimum Gasteiger partial charge on any atom is -0.492 e. The van der Waals surface area contributed by atoms with Crippen molar-refractivity contribution in [3.05, 3.63) is 48.3 Å². The van der Waals surface area contributed by atoms with E-state index in [0.29, 0.717) is 19.6 Å². The van der Waals surface area contributed by atoms with Crippen LogP contribution in [0.3, 0.4) is 0 Å². The molecule has 1 N–H and O–H groups in total. The normalized spacial score (nSPS) is 9.74. The molecule has 0 spiro atoms. The lowest BCUT2D eigenvalue weighted by molar-refractivity contribution is 0.291. The summed E-state index contributed by atoms with van der Waals surface area (Å²) < 4.78 is 7.47. The number of hydrogen-bond acceptors (Lipinski definition) is 3. The first-order valence-electron chi connectivity index (χ1n) is 6.18. The number of nitrogens with zero attached hydrogens (tertiary/aromatic N) is 2. The zero-order chi connectivity index (χ0) is 13.3. The number of benzene rings is 1. The molecule has 0 bridgehead atoms. The highest BCUT2D eigenvalue weighted by Crippen LogP contribution is 2.12. The van der Waals surface area contributed by atoms with E-state index in [4.69, 9.17) is 9.84 Å². The van der Waals surface area contributed by atoms with E-state index in [2.05, 4.69) is 16.9 Å². The molecule has 0 aliphatic rings. The molecule has 0 aliphatic carbocycles. The maximum Gasteiger partial charge on any atom is 0.120 e. The fourth-order valence-electron chi connectivity index (χ4n) is 1.57. The van der Waals surface area contributed by atoms with Gasteiger partial charge in [-0.2, -0.15) is 5.10 Å². The third kappa shape index (κ3) is 4.49. The maximum absolute atomic E-state index is 8.67. The first-order chi connectivity index (χ1) is 9.38. The van der Waals surface area contributed by atoms with Crippen LogP contribution in [-0.4, -0.2) is 28.1 Å². The first-order valence-corrected chi connectivity index (χ1v) is 6.18. The Kier molecular flexibility index (Phi) is 5.03. The van der Waals surface area contributed by atoms with E-state index in [9.17, 15) is 0 Å². The molecular weight excluding hydrogens is 240 g/mol. The van der Waals surface area contributed by atoms with E-state index in [1.807, 2.05) is 41.2 Å². The van der Waals surface area contributed by atoms with Gasteiger partial charge in [-0.15, -0.1) is 0 Å². The van der Waals surface area contributed by atoms with Crippen LogP contribution in [0.15, 0.2) is 42.7 Å². The van der Waals surface area contributed by atoms with Gasteiger partial charge in [0.2, 0.25) is 0 Å².